The summed E-state index contributed by atoms with van der Waals surface area (Å²) in [6.07, 6.45) is 0.261. The standard InChI is InChI=1S/C9H11ClN2O3/c10-2-1-7(13)12-3-5-6(4-12)9(15)11-8(5)14/h5-6H,1-4H2,(H,11,14,15)/t5-,6-/m1/s1. The molecule has 0 aromatic rings. The highest BCUT2D eigenvalue weighted by atomic mass is 35.5. The Morgan fingerprint density at radius 1 is 1.33 bits per heavy atom. The Morgan fingerprint density at radius 2 is 1.87 bits per heavy atom. The zero-order valence-electron chi connectivity index (χ0n) is 8.03. The minimum atomic E-state index is -0.350. The largest absolute Gasteiger partial charge is 0.341 e. The molecule has 1 N–H and O–H groups in total. The number of rotatable bonds is 2. The lowest BCUT2D eigenvalue weighted by Gasteiger charge is -2.15. The number of likely N-dealkylation sites (tertiary alicyclic amines) is 1. The average molecular weight is 231 g/mol. The summed E-state index contributed by atoms with van der Waals surface area (Å²) in [4.78, 5) is 35.6. The maximum Gasteiger partial charge on any atom is 0.232 e. The first-order valence-corrected chi connectivity index (χ1v) is 5.35. The highest BCUT2D eigenvalue weighted by Crippen LogP contribution is 2.28. The zero-order valence-corrected chi connectivity index (χ0v) is 8.79. The molecule has 0 unspecified atom stereocenters. The van der Waals surface area contributed by atoms with E-state index in [1.807, 2.05) is 0 Å². The monoisotopic (exact) mass is 230 g/mol. The predicted molar refractivity (Wildman–Crippen MR) is 52.0 cm³/mol. The fraction of sp³-hybridized carbons (Fsp3) is 0.667. The Morgan fingerprint density at radius 3 is 2.33 bits per heavy atom. The molecule has 15 heavy (non-hydrogen) atoms. The van der Waals surface area contributed by atoms with E-state index in [1.54, 1.807) is 4.90 Å². The van der Waals surface area contributed by atoms with Gasteiger partial charge in [0.05, 0.1) is 11.8 Å². The van der Waals surface area contributed by atoms with Crippen molar-refractivity contribution in [1.29, 1.82) is 0 Å². The van der Waals surface area contributed by atoms with E-state index in [2.05, 4.69) is 5.32 Å². The first-order valence-electron chi connectivity index (χ1n) is 4.82. The van der Waals surface area contributed by atoms with Crippen LogP contribution in [-0.2, 0) is 14.4 Å². The third-order valence-electron chi connectivity index (χ3n) is 2.90. The smallest absolute Gasteiger partial charge is 0.232 e. The highest BCUT2D eigenvalue weighted by molar-refractivity contribution is 6.19. The minimum absolute atomic E-state index is 0.0833. The van der Waals surface area contributed by atoms with Gasteiger partial charge in [-0.1, -0.05) is 0 Å². The molecule has 2 saturated heterocycles. The summed E-state index contributed by atoms with van der Waals surface area (Å²) in [5, 5.41) is 2.27. The third kappa shape index (κ3) is 1.71. The van der Waals surface area contributed by atoms with E-state index in [4.69, 9.17) is 11.6 Å². The van der Waals surface area contributed by atoms with Gasteiger partial charge in [-0.25, -0.2) is 0 Å². The van der Waals surface area contributed by atoms with E-state index in [1.165, 1.54) is 0 Å². The van der Waals surface area contributed by atoms with Crippen molar-refractivity contribution in [3.63, 3.8) is 0 Å². The van der Waals surface area contributed by atoms with Crippen LogP contribution in [0.1, 0.15) is 6.42 Å². The molecule has 6 heteroatoms. The Labute approximate surface area is 91.7 Å². The van der Waals surface area contributed by atoms with Crippen LogP contribution in [0, 0.1) is 11.8 Å². The fourth-order valence-corrected chi connectivity index (χ4v) is 2.25. The van der Waals surface area contributed by atoms with Crippen LogP contribution in [0.25, 0.3) is 0 Å². The maximum atomic E-state index is 11.5. The summed E-state index contributed by atoms with van der Waals surface area (Å²) in [6.45, 7) is 0.690. The molecule has 2 atom stereocenters. The number of fused-ring (bicyclic) bond motifs is 1. The van der Waals surface area contributed by atoms with Gasteiger partial charge in [0.1, 0.15) is 0 Å². The first kappa shape index (κ1) is 10.4. The van der Waals surface area contributed by atoms with Gasteiger partial charge in [0.2, 0.25) is 17.7 Å². The molecule has 2 aliphatic heterocycles. The lowest BCUT2D eigenvalue weighted by atomic mass is 10.00. The molecule has 0 bridgehead atoms. The summed E-state index contributed by atoms with van der Waals surface area (Å²) in [7, 11) is 0. The molecule has 5 nitrogen and oxygen atoms in total. The maximum absolute atomic E-state index is 11.5. The Balaban J connectivity index is 2.03. The van der Waals surface area contributed by atoms with Crippen molar-refractivity contribution in [3.8, 4) is 0 Å². The summed E-state index contributed by atoms with van der Waals surface area (Å²) in [5.74, 6) is -1.03. The lowest BCUT2D eigenvalue weighted by molar-refractivity contribution is -0.131. The van der Waals surface area contributed by atoms with Gasteiger partial charge in [-0.2, -0.15) is 0 Å². The van der Waals surface area contributed by atoms with Gasteiger partial charge >= 0.3 is 0 Å². The Bertz CT molecular complexity index is 309. The number of imide groups is 1. The van der Waals surface area contributed by atoms with Crippen LogP contribution in [0.15, 0.2) is 0 Å². The molecule has 2 heterocycles. The predicted octanol–water partition coefficient (Wildman–Crippen LogP) is -0.654. The molecule has 0 spiro atoms. The summed E-state index contributed by atoms with van der Waals surface area (Å²) in [5.41, 5.74) is 0. The van der Waals surface area contributed by atoms with Gasteiger partial charge in [-0.15, -0.1) is 11.6 Å². The minimum Gasteiger partial charge on any atom is -0.341 e. The number of carbonyl (C=O) groups is 3. The molecule has 3 amide bonds. The van der Waals surface area contributed by atoms with E-state index in [-0.39, 0.29) is 41.9 Å². The zero-order chi connectivity index (χ0) is 11.0. The van der Waals surface area contributed by atoms with Gasteiger partial charge in [-0.3, -0.25) is 19.7 Å². The lowest BCUT2D eigenvalue weighted by Crippen LogP contribution is -2.35. The van der Waals surface area contributed by atoms with Crippen molar-refractivity contribution in [2.75, 3.05) is 19.0 Å². The van der Waals surface area contributed by atoms with Gasteiger partial charge < -0.3 is 4.90 Å². The van der Waals surface area contributed by atoms with E-state index in [9.17, 15) is 14.4 Å². The number of carbonyl (C=O) groups excluding carboxylic acids is 3. The van der Waals surface area contributed by atoms with E-state index in [0.717, 1.165) is 0 Å². The van der Waals surface area contributed by atoms with E-state index < -0.39 is 0 Å². The van der Waals surface area contributed by atoms with Crippen LogP contribution < -0.4 is 5.32 Å². The van der Waals surface area contributed by atoms with Crippen LogP contribution >= 0.6 is 11.6 Å². The van der Waals surface area contributed by atoms with Crippen molar-refractivity contribution in [2.45, 2.75) is 6.42 Å². The summed E-state index contributed by atoms with van der Waals surface area (Å²) in [6, 6.07) is 0. The van der Waals surface area contributed by atoms with Gasteiger partial charge in [0, 0.05) is 25.4 Å². The number of hydrogen-bond acceptors (Lipinski definition) is 3. The number of nitrogens with zero attached hydrogens (tertiary/aromatic N) is 1. The van der Waals surface area contributed by atoms with Crippen LogP contribution in [0.5, 0.6) is 0 Å². The highest BCUT2D eigenvalue weighted by Gasteiger charge is 2.48. The topological polar surface area (TPSA) is 66.5 Å². The van der Waals surface area contributed by atoms with Gasteiger partial charge in [0.15, 0.2) is 0 Å². The number of halogens is 1. The molecule has 0 aliphatic carbocycles. The molecule has 0 saturated carbocycles. The number of hydrogen-bond donors (Lipinski definition) is 1. The molecule has 2 rings (SSSR count). The van der Waals surface area contributed by atoms with Crippen LogP contribution in [0.2, 0.25) is 0 Å². The van der Waals surface area contributed by atoms with Crippen LogP contribution in [-0.4, -0.2) is 41.6 Å². The number of amides is 3. The second-order valence-electron chi connectivity index (χ2n) is 3.80. The Hall–Kier alpha value is -1.10. The van der Waals surface area contributed by atoms with Crippen molar-refractivity contribution in [2.24, 2.45) is 11.8 Å². The SMILES string of the molecule is O=C1NC(=O)[C@@H]2CN(C(=O)CCCl)C[C@@H]12. The normalized spacial score (nSPS) is 29.3. The summed E-state index contributed by atoms with van der Waals surface area (Å²) < 4.78 is 0. The second kappa shape index (κ2) is 3.81. The van der Waals surface area contributed by atoms with Crippen molar-refractivity contribution in [1.82, 2.24) is 10.2 Å². The number of nitrogens with one attached hydrogen (secondary N) is 1. The number of alkyl halides is 1. The quantitative estimate of drug-likeness (QED) is 0.506. The molecular weight excluding hydrogens is 220 g/mol. The van der Waals surface area contributed by atoms with Crippen molar-refractivity contribution in [3.05, 3.63) is 0 Å². The Kier molecular flexibility index (Phi) is 2.65. The molecule has 2 aliphatic rings. The summed E-state index contributed by atoms with van der Waals surface area (Å²) >= 11 is 5.46. The molecule has 0 aromatic heterocycles. The second-order valence-corrected chi connectivity index (χ2v) is 4.18. The van der Waals surface area contributed by atoms with E-state index >= 15 is 0 Å². The first-order chi connectivity index (χ1) is 7.13. The van der Waals surface area contributed by atoms with Crippen LogP contribution in [0.4, 0.5) is 0 Å². The average Bonchev–Trinajstić information content (AvgIpc) is 2.70. The van der Waals surface area contributed by atoms with Gasteiger partial charge in [0.25, 0.3) is 0 Å². The molecule has 82 valence electrons. The molecule has 0 radical (unpaired) electrons. The van der Waals surface area contributed by atoms with Gasteiger partial charge in [-0.05, 0) is 0 Å². The van der Waals surface area contributed by atoms with Crippen molar-refractivity contribution < 1.29 is 14.4 Å². The molecule has 2 fully saturated rings. The third-order valence-corrected chi connectivity index (χ3v) is 3.09. The fourth-order valence-electron chi connectivity index (χ4n) is 2.08. The molecular formula is C9H11ClN2O3. The molecule has 0 aromatic carbocycles. The van der Waals surface area contributed by atoms with Crippen LogP contribution in [0.3, 0.4) is 0 Å². The van der Waals surface area contributed by atoms with Crippen molar-refractivity contribution >= 4 is 29.3 Å². The van der Waals surface area contributed by atoms with E-state index in [0.29, 0.717) is 13.1 Å².